The van der Waals surface area contributed by atoms with Crippen LogP contribution >= 0.6 is 11.6 Å². The molecule has 26 heavy (non-hydrogen) atoms. The summed E-state index contributed by atoms with van der Waals surface area (Å²) < 4.78 is 5.85. The van der Waals surface area contributed by atoms with Crippen LogP contribution in [0.1, 0.15) is 21.6 Å². The standard InChI is InChI=1S/C20H16ClN3O2/c21-17-9-3-1-8-16(17)14-26-19-11-4-2-7-15(19)13-23-24-20(25)18-10-5-6-12-22-18/h1-13H,14H2,(H,24,25)/b23-13+. The number of para-hydroxylation sites is 1. The van der Waals surface area contributed by atoms with Crippen molar-refractivity contribution >= 4 is 23.7 Å². The molecule has 0 unspecified atom stereocenters. The smallest absolute Gasteiger partial charge is 0.289 e. The third-order valence-electron chi connectivity index (χ3n) is 3.53. The normalized spacial score (nSPS) is 10.7. The summed E-state index contributed by atoms with van der Waals surface area (Å²) in [5.74, 6) is 0.263. The molecule has 2 aromatic carbocycles. The first kappa shape index (κ1) is 17.6. The summed E-state index contributed by atoms with van der Waals surface area (Å²) in [5.41, 5.74) is 4.38. The lowest BCUT2D eigenvalue weighted by Crippen LogP contribution is -2.18. The van der Waals surface area contributed by atoms with Crippen molar-refractivity contribution in [2.24, 2.45) is 5.10 Å². The molecule has 1 N–H and O–H groups in total. The highest BCUT2D eigenvalue weighted by molar-refractivity contribution is 6.31. The zero-order valence-electron chi connectivity index (χ0n) is 13.8. The summed E-state index contributed by atoms with van der Waals surface area (Å²) in [5, 5.41) is 4.63. The van der Waals surface area contributed by atoms with Gasteiger partial charge in [-0.25, -0.2) is 5.43 Å². The quantitative estimate of drug-likeness (QED) is 0.529. The number of carbonyl (C=O) groups is 1. The average molecular weight is 366 g/mol. The maximum atomic E-state index is 11.9. The van der Waals surface area contributed by atoms with Gasteiger partial charge in [-0.15, -0.1) is 0 Å². The number of ether oxygens (including phenoxy) is 1. The van der Waals surface area contributed by atoms with E-state index in [1.807, 2.05) is 48.5 Å². The second-order valence-corrected chi connectivity index (χ2v) is 5.74. The molecular weight excluding hydrogens is 350 g/mol. The van der Waals surface area contributed by atoms with Gasteiger partial charge in [-0.05, 0) is 30.3 Å². The first-order chi connectivity index (χ1) is 12.7. The second-order valence-electron chi connectivity index (χ2n) is 5.33. The monoisotopic (exact) mass is 365 g/mol. The SMILES string of the molecule is O=C(N/N=C/c1ccccc1OCc1ccccc1Cl)c1ccccn1. The largest absolute Gasteiger partial charge is 0.488 e. The predicted octanol–water partition coefficient (Wildman–Crippen LogP) is 4.08. The van der Waals surface area contributed by atoms with E-state index < -0.39 is 0 Å². The Morgan fingerprint density at radius 2 is 1.85 bits per heavy atom. The van der Waals surface area contributed by atoms with Crippen LogP contribution in [0, 0.1) is 0 Å². The first-order valence-corrected chi connectivity index (χ1v) is 8.31. The maximum absolute atomic E-state index is 11.9. The van der Waals surface area contributed by atoms with Crippen LogP contribution in [0.25, 0.3) is 0 Å². The lowest BCUT2D eigenvalue weighted by Gasteiger charge is -2.10. The number of carbonyl (C=O) groups excluding carboxylic acids is 1. The molecule has 0 atom stereocenters. The molecule has 0 saturated carbocycles. The number of hydrogen-bond donors (Lipinski definition) is 1. The van der Waals surface area contributed by atoms with Gasteiger partial charge >= 0.3 is 0 Å². The highest BCUT2D eigenvalue weighted by Gasteiger charge is 2.06. The Kier molecular flexibility index (Phi) is 5.96. The topological polar surface area (TPSA) is 63.6 Å². The minimum atomic E-state index is -0.378. The number of pyridine rings is 1. The van der Waals surface area contributed by atoms with E-state index in [1.54, 1.807) is 24.4 Å². The maximum Gasteiger partial charge on any atom is 0.289 e. The molecule has 0 aliphatic rings. The minimum Gasteiger partial charge on any atom is -0.488 e. The van der Waals surface area contributed by atoms with Gasteiger partial charge in [-0.3, -0.25) is 9.78 Å². The summed E-state index contributed by atoms with van der Waals surface area (Å²) in [6, 6.07) is 20.0. The van der Waals surface area contributed by atoms with Crippen molar-refractivity contribution in [2.45, 2.75) is 6.61 Å². The Balaban J connectivity index is 1.65. The van der Waals surface area contributed by atoms with Gasteiger partial charge < -0.3 is 4.74 Å². The molecule has 6 heteroatoms. The zero-order valence-corrected chi connectivity index (χ0v) is 14.6. The van der Waals surface area contributed by atoms with Gasteiger partial charge in [0.1, 0.15) is 18.1 Å². The fourth-order valence-electron chi connectivity index (χ4n) is 2.20. The number of nitrogens with zero attached hydrogens (tertiary/aromatic N) is 2. The van der Waals surface area contributed by atoms with E-state index in [-0.39, 0.29) is 5.91 Å². The van der Waals surface area contributed by atoms with Crippen molar-refractivity contribution in [3.8, 4) is 5.75 Å². The van der Waals surface area contributed by atoms with E-state index in [1.165, 1.54) is 6.21 Å². The van der Waals surface area contributed by atoms with Gasteiger partial charge in [0, 0.05) is 22.3 Å². The summed E-state index contributed by atoms with van der Waals surface area (Å²) in [7, 11) is 0. The molecule has 0 aliphatic heterocycles. The van der Waals surface area contributed by atoms with E-state index in [9.17, 15) is 4.79 Å². The molecule has 130 valence electrons. The number of hydrogen-bond acceptors (Lipinski definition) is 4. The van der Waals surface area contributed by atoms with Crippen molar-refractivity contribution < 1.29 is 9.53 Å². The molecule has 0 bridgehead atoms. The molecule has 0 saturated heterocycles. The number of nitrogens with one attached hydrogen (secondary N) is 1. The molecule has 5 nitrogen and oxygen atoms in total. The number of benzene rings is 2. The molecule has 1 aromatic heterocycles. The fraction of sp³-hybridized carbons (Fsp3) is 0.0500. The van der Waals surface area contributed by atoms with Gasteiger partial charge in [-0.1, -0.05) is 48.0 Å². The molecule has 3 aromatic rings. The predicted molar refractivity (Wildman–Crippen MR) is 102 cm³/mol. The van der Waals surface area contributed by atoms with E-state index in [0.717, 1.165) is 11.1 Å². The minimum absolute atomic E-state index is 0.299. The molecular formula is C20H16ClN3O2. The zero-order chi connectivity index (χ0) is 18.2. The number of rotatable bonds is 6. The molecule has 0 fully saturated rings. The lowest BCUT2D eigenvalue weighted by atomic mass is 10.2. The van der Waals surface area contributed by atoms with E-state index in [2.05, 4.69) is 15.5 Å². The van der Waals surface area contributed by atoms with Crippen LogP contribution in [0.3, 0.4) is 0 Å². The van der Waals surface area contributed by atoms with Gasteiger partial charge in [0.05, 0.1) is 6.21 Å². The van der Waals surface area contributed by atoms with Crippen LogP contribution in [0.15, 0.2) is 78.0 Å². The van der Waals surface area contributed by atoms with Crippen molar-refractivity contribution in [1.29, 1.82) is 0 Å². The van der Waals surface area contributed by atoms with Gasteiger partial charge in [0.2, 0.25) is 0 Å². The van der Waals surface area contributed by atoms with Gasteiger partial charge in [0.25, 0.3) is 5.91 Å². The number of halogens is 1. The number of aromatic nitrogens is 1. The molecule has 0 aliphatic carbocycles. The highest BCUT2D eigenvalue weighted by atomic mass is 35.5. The van der Waals surface area contributed by atoms with E-state index in [0.29, 0.717) is 23.1 Å². The van der Waals surface area contributed by atoms with Crippen LogP contribution in [0.5, 0.6) is 5.75 Å². The highest BCUT2D eigenvalue weighted by Crippen LogP contribution is 2.20. The lowest BCUT2D eigenvalue weighted by molar-refractivity contribution is 0.0950. The van der Waals surface area contributed by atoms with Crippen LogP contribution in [0.4, 0.5) is 0 Å². The van der Waals surface area contributed by atoms with Gasteiger partial charge in [-0.2, -0.15) is 5.10 Å². The Bertz CT molecular complexity index is 914. The summed E-state index contributed by atoms with van der Waals surface area (Å²) in [6.07, 6.45) is 3.08. The Labute approximate surface area is 156 Å². The second kappa shape index (κ2) is 8.78. The average Bonchev–Trinajstić information content (AvgIpc) is 2.69. The van der Waals surface area contributed by atoms with E-state index >= 15 is 0 Å². The van der Waals surface area contributed by atoms with E-state index in [4.69, 9.17) is 16.3 Å². The third-order valence-corrected chi connectivity index (χ3v) is 3.90. The summed E-state index contributed by atoms with van der Waals surface area (Å²) >= 11 is 6.15. The third kappa shape index (κ3) is 4.68. The number of amides is 1. The van der Waals surface area contributed by atoms with Crippen LogP contribution in [0.2, 0.25) is 5.02 Å². The Morgan fingerprint density at radius 3 is 2.65 bits per heavy atom. The van der Waals surface area contributed by atoms with Crippen molar-refractivity contribution in [1.82, 2.24) is 10.4 Å². The molecule has 1 heterocycles. The van der Waals surface area contributed by atoms with Crippen LogP contribution in [-0.2, 0) is 6.61 Å². The summed E-state index contributed by atoms with van der Waals surface area (Å²) in [6.45, 7) is 0.338. The van der Waals surface area contributed by atoms with Crippen molar-refractivity contribution in [3.05, 3.63) is 94.8 Å². The van der Waals surface area contributed by atoms with Crippen LogP contribution in [-0.4, -0.2) is 17.1 Å². The van der Waals surface area contributed by atoms with Crippen LogP contribution < -0.4 is 10.2 Å². The Hall–Kier alpha value is -3.18. The van der Waals surface area contributed by atoms with Crippen molar-refractivity contribution in [2.75, 3.05) is 0 Å². The Morgan fingerprint density at radius 1 is 1.08 bits per heavy atom. The first-order valence-electron chi connectivity index (χ1n) is 7.94. The van der Waals surface area contributed by atoms with Gasteiger partial charge in [0.15, 0.2) is 0 Å². The molecule has 0 radical (unpaired) electrons. The molecule has 3 rings (SSSR count). The molecule has 0 spiro atoms. The molecule has 1 amide bonds. The van der Waals surface area contributed by atoms with Crippen molar-refractivity contribution in [3.63, 3.8) is 0 Å². The fourth-order valence-corrected chi connectivity index (χ4v) is 2.39. The number of hydrazone groups is 1. The summed E-state index contributed by atoms with van der Waals surface area (Å²) in [4.78, 5) is 15.9.